The molecule has 3 heteroatoms. The van der Waals surface area contributed by atoms with E-state index >= 15 is 0 Å². The van der Waals surface area contributed by atoms with Crippen molar-refractivity contribution in [2.24, 2.45) is 5.92 Å². The number of aryl methyl sites for hydroxylation is 2. The fourth-order valence-electron chi connectivity index (χ4n) is 4.78. The van der Waals surface area contributed by atoms with Crippen LogP contribution in [-0.2, 0) is 13.0 Å². The molecule has 33 heavy (non-hydrogen) atoms. The standard InChI is InChI=1S/C30H34N2O/c1-21-4-15-29-28(18-21)22(2)30(26-11-13-27(33-3)14-12-26)32(29)20-25-9-5-23(6-10-25)16-17-31-19-24-7-8-24/h4-6,9-15,18,24,31H,7-8,16-17,19-20H2,1-3H3. The van der Waals surface area contributed by atoms with Crippen LogP contribution in [0, 0.1) is 19.8 Å². The maximum absolute atomic E-state index is 5.39. The molecule has 0 saturated heterocycles. The number of hydrogen-bond acceptors (Lipinski definition) is 2. The molecule has 0 bridgehead atoms. The molecule has 1 fully saturated rings. The van der Waals surface area contributed by atoms with Gasteiger partial charge in [-0.1, -0.05) is 35.9 Å². The molecule has 1 heterocycles. The lowest BCUT2D eigenvalue weighted by molar-refractivity contribution is 0.415. The minimum absolute atomic E-state index is 0.856. The summed E-state index contributed by atoms with van der Waals surface area (Å²) < 4.78 is 7.86. The van der Waals surface area contributed by atoms with Crippen LogP contribution in [0.25, 0.3) is 22.2 Å². The van der Waals surface area contributed by atoms with Gasteiger partial charge in [0.2, 0.25) is 0 Å². The van der Waals surface area contributed by atoms with Gasteiger partial charge >= 0.3 is 0 Å². The second-order valence-electron chi connectivity index (χ2n) is 9.52. The van der Waals surface area contributed by atoms with Crippen LogP contribution in [-0.4, -0.2) is 24.8 Å². The van der Waals surface area contributed by atoms with Gasteiger partial charge in [0.05, 0.1) is 12.8 Å². The Kier molecular flexibility index (Phi) is 6.24. The van der Waals surface area contributed by atoms with Crippen LogP contribution in [0.4, 0.5) is 0 Å². The lowest BCUT2D eigenvalue weighted by Gasteiger charge is -2.13. The molecular formula is C30H34N2O. The highest BCUT2D eigenvalue weighted by molar-refractivity contribution is 5.92. The van der Waals surface area contributed by atoms with Gasteiger partial charge in [-0.15, -0.1) is 0 Å². The number of benzene rings is 3. The predicted molar refractivity (Wildman–Crippen MR) is 138 cm³/mol. The van der Waals surface area contributed by atoms with Crippen molar-refractivity contribution in [2.45, 2.75) is 39.7 Å². The summed E-state index contributed by atoms with van der Waals surface area (Å²) in [5.74, 6) is 1.83. The maximum Gasteiger partial charge on any atom is 0.118 e. The van der Waals surface area contributed by atoms with Crippen LogP contribution >= 0.6 is 0 Å². The van der Waals surface area contributed by atoms with Crippen molar-refractivity contribution in [1.82, 2.24) is 9.88 Å². The fourth-order valence-corrected chi connectivity index (χ4v) is 4.78. The molecule has 1 N–H and O–H groups in total. The Balaban J connectivity index is 1.42. The zero-order valence-corrected chi connectivity index (χ0v) is 20.0. The van der Waals surface area contributed by atoms with Crippen molar-refractivity contribution in [1.29, 1.82) is 0 Å². The SMILES string of the molecule is COc1ccc(-c2c(C)c3cc(C)ccc3n2Cc2ccc(CCNCC3CC3)cc2)cc1. The van der Waals surface area contributed by atoms with E-state index in [2.05, 4.69) is 78.3 Å². The summed E-state index contributed by atoms with van der Waals surface area (Å²) in [6.45, 7) is 7.52. The summed E-state index contributed by atoms with van der Waals surface area (Å²) in [6.07, 6.45) is 3.91. The van der Waals surface area contributed by atoms with E-state index in [0.29, 0.717) is 0 Å². The third-order valence-electron chi connectivity index (χ3n) is 6.92. The van der Waals surface area contributed by atoms with E-state index < -0.39 is 0 Å². The molecule has 0 spiro atoms. The summed E-state index contributed by atoms with van der Waals surface area (Å²) in [4.78, 5) is 0. The van der Waals surface area contributed by atoms with E-state index in [-0.39, 0.29) is 0 Å². The molecular weight excluding hydrogens is 404 g/mol. The topological polar surface area (TPSA) is 26.2 Å². The quantitative estimate of drug-likeness (QED) is 0.301. The van der Waals surface area contributed by atoms with Gasteiger partial charge in [0.15, 0.2) is 0 Å². The molecule has 3 nitrogen and oxygen atoms in total. The molecule has 0 unspecified atom stereocenters. The summed E-state index contributed by atoms with van der Waals surface area (Å²) in [5, 5.41) is 4.93. The average molecular weight is 439 g/mol. The van der Waals surface area contributed by atoms with Gasteiger partial charge in [0.25, 0.3) is 0 Å². The second kappa shape index (κ2) is 9.44. The molecule has 1 aromatic heterocycles. The van der Waals surface area contributed by atoms with Gasteiger partial charge in [-0.05, 0) is 111 Å². The Bertz CT molecular complexity index is 1230. The molecule has 0 amide bonds. The van der Waals surface area contributed by atoms with Crippen LogP contribution in [0.5, 0.6) is 5.75 Å². The third kappa shape index (κ3) is 4.84. The molecule has 4 aromatic rings. The van der Waals surface area contributed by atoms with E-state index in [1.54, 1.807) is 7.11 Å². The number of nitrogens with one attached hydrogen (secondary N) is 1. The Labute approximate surface area is 197 Å². The van der Waals surface area contributed by atoms with Crippen molar-refractivity contribution in [3.05, 3.63) is 89.0 Å². The summed E-state index contributed by atoms with van der Waals surface area (Å²) in [6, 6.07) is 24.4. The van der Waals surface area contributed by atoms with Crippen LogP contribution in [0.1, 0.15) is 35.1 Å². The van der Waals surface area contributed by atoms with Crippen LogP contribution in [0.2, 0.25) is 0 Å². The molecule has 170 valence electrons. The van der Waals surface area contributed by atoms with Gasteiger partial charge in [-0.2, -0.15) is 0 Å². The second-order valence-corrected chi connectivity index (χ2v) is 9.52. The molecule has 1 saturated carbocycles. The summed E-state index contributed by atoms with van der Waals surface area (Å²) in [5.41, 5.74) is 9.16. The normalized spacial score (nSPS) is 13.5. The van der Waals surface area contributed by atoms with E-state index in [0.717, 1.165) is 31.2 Å². The average Bonchev–Trinajstić information content (AvgIpc) is 3.63. The number of hydrogen-bond donors (Lipinski definition) is 1. The van der Waals surface area contributed by atoms with Crippen molar-refractivity contribution in [3.63, 3.8) is 0 Å². The van der Waals surface area contributed by atoms with Gasteiger partial charge in [0.1, 0.15) is 5.75 Å². The van der Waals surface area contributed by atoms with E-state index in [1.165, 1.54) is 63.8 Å². The van der Waals surface area contributed by atoms with Gasteiger partial charge < -0.3 is 14.6 Å². The van der Waals surface area contributed by atoms with Crippen LogP contribution in [0.3, 0.4) is 0 Å². The van der Waals surface area contributed by atoms with Gasteiger partial charge in [0, 0.05) is 17.4 Å². The highest BCUT2D eigenvalue weighted by atomic mass is 16.5. The summed E-state index contributed by atoms with van der Waals surface area (Å²) >= 11 is 0. The largest absolute Gasteiger partial charge is 0.497 e. The minimum Gasteiger partial charge on any atom is -0.497 e. The molecule has 0 aliphatic heterocycles. The number of fused-ring (bicyclic) bond motifs is 1. The first-order valence-electron chi connectivity index (χ1n) is 12.1. The minimum atomic E-state index is 0.856. The Morgan fingerprint density at radius 1 is 0.909 bits per heavy atom. The molecule has 5 rings (SSSR count). The Hall–Kier alpha value is -3.04. The highest BCUT2D eigenvalue weighted by Gasteiger charge is 2.20. The number of rotatable bonds is 9. The number of aromatic nitrogens is 1. The maximum atomic E-state index is 5.39. The first-order valence-corrected chi connectivity index (χ1v) is 12.1. The molecule has 0 atom stereocenters. The zero-order chi connectivity index (χ0) is 22.8. The third-order valence-corrected chi connectivity index (χ3v) is 6.92. The lowest BCUT2D eigenvalue weighted by atomic mass is 10.1. The summed E-state index contributed by atoms with van der Waals surface area (Å²) in [7, 11) is 1.72. The van der Waals surface area contributed by atoms with Gasteiger partial charge in [-0.3, -0.25) is 0 Å². The van der Waals surface area contributed by atoms with Crippen LogP contribution in [0.15, 0.2) is 66.7 Å². The van der Waals surface area contributed by atoms with Crippen molar-refractivity contribution in [2.75, 3.05) is 20.2 Å². The molecule has 1 aliphatic carbocycles. The van der Waals surface area contributed by atoms with Gasteiger partial charge in [-0.25, -0.2) is 0 Å². The molecule has 3 aromatic carbocycles. The van der Waals surface area contributed by atoms with Crippen molar-refractivity contribution in [3.8, 4) is 17.0 Å². The molecule has 1 aliphatic rings. The zero-order valence-electron chi connectivity index (χ0n) is 20.0. The lowest BCUT2D eigenvalue weighted by Crippen LogP contribution is -2.19. The van der Waals surface area contributed by atoms with Crippen LogP contribution < -0.4 is 10.1 Å². The van der Waals surface area contributed by atoms with Crippen molar-refractivity contribution >= 4 is 10.9 Å². The van der Waals surface area contributed by atoms with E-state index in [9.17, 15) is 0 Å². The first kappa shape index (κ1) is 21.8. The van der Waals surface area contributed by atoms with Crippen molar-refractivity contribution < 1.29 is 4.74 Å². The Morgan fingerprint density at radius 2 is 1.64 bits per heavy atom. The number of methoxy groups -OCH3 is 1. The number of nitrogens with zero attached hydrogens (tertiary/aromatic N) is 1. The number of ether oxygens (including phenoxy) is 1. The molecule has 0 radical (unpaired) electrons. The fraction of sp³-hybridized carbons (Fsp3) is 0.333. The predicted octanol–water partition coefficient (Wildman–Crippen LogP) is 6.52. The monoisotopic (exact) mass is 438 g/mol. The Morgan fingerprint density at radius 3 is 2.33 bits per heavy atom. The van der Waals surface area contributed by atoms with E-state index in [4.69, 9.17) is 4.74 Å². The smallest absolute Gasteiger partial charge is 0.118 e. The first-order chi connectivity index (χ1) is 16.1. The van der Waals surface area contributed by atoms with E-state index in [1.807, 2.05) is 12.1 Å². The highest BCUT2D eigenvalue weighted by Crippen LogP contribution is 2.35.